The average Bonchev–Trinajstić information content (AvgIpc) is 3.64. The van der Waals surface area contributed by atoms with Crippen molar-refractivity contribution in [2.45, 2.75) is 102 Å². The lowest BCUT2D eigenvalue weighted by molar-refractivity contribution is -0.174. The fraction of sp³-hybridized carbons (Fsp3) is 0.610. The first-order chi connectivity index (χ1) is 23.6. The van der Waals surface area contributed by atoms with Crippen LogP contribution in [-0.4, -0.2) is 60.7 Å². The van der Waals surface area contributed by atoms with Crippen LogP contribution in [0.5, 0.6) is 0 Å². The first kappa shape index (κ1) is 36.8. The molecule has 272 valence electrons. The summed E-state index contributed by atoms with van der Waals surface area (Å²) >= 11 is 0. The van der Waals surface area contributed by atoms with Gasteiger partial charge in [0.2, 0.25) is 0 Å². The number of carboxylic acids is 1. The van der Waals surface area contributed by atoms with Crippen LogP contribution < -0.4 is 0 Å². The van der Waals surface area contributed by atoms with Gasteiger partial charge in [0.15, 0.2) is 9.84 Å². The molecule has 2 aromatic carbocycles. The van der Waals surface area contributed by atoms with Gasteiger partial charge < -0.3 is 20.1 Å². The lowest BCUT2D eigenvalue weighted by atomic mass is 9.43. The number of cyclic esters (lactones) is 1. The Morgan fingerprint density at radius 2 is 1.56 bits per heavy atom. The van der Waals surface area contributed by atoms with E-state index in [1.165, 1.54) is 31.9 Å². The molecular formula is C41H54O8S. The van der Waals surface area contributed by atoms with Gasteiger partial charge in [0.1, 0.15) is 6.61 Å². The topological polar surface area (TPSA) is 138 Å². The van der Waals surface area contributed by atoms with Gasteiger partial charge in [-0.1, -0.05) is 63.2 Å². The number of hydrogen-bond donors (Lipinski definition) is 3. The van der Waals surface area contributed by atoms with Gasteiger partial charge in [0.25, 0.3) is 0 Å². The fourth-order valence-electron chi connectivity index (χ4n) is 11.2. The maximum absolute atomic E-state index is 12.0. The molecule has 0 spiro atoms. The number of hydrogen-bond acceptors (Lipinski definition) is 7. The Hall–Kier alpha value is -3.01. The summed E-state index contributed by atoms with van der Waals surface area (Å²) in [6, 6.07) is 15.8. The Balaban J connectivity index is 0.000000178. The van der Waals surface area contributed by atoms with Gasteiger partial charge in [0, 0.05) is 18.2 Å². The van der Waals surface area contributed by atoms with Crippen molar-refractivity contribution in [3.63, 3.8) is 0 Å². The highest BCUT2D eigenvalue weighted by Crippen LogP contribution is 2.68. The first-order valence-electron chi connectivity index (χ1n) is 18.5. The van der Waals surface area contributed by atoms with Gasteiger partial charge in [-0.25, -0.2) is 13.2 Å². The van der Waals surface area contributed by atoms with Crippen LogP contribution in [0, 0.1) is 46.3 Å². The highest BCUT2D eigenvalue weighted by atomic mass is 32.2. The minimum Gasteiger partial charge on any atom is -0.481 e. The molecule has 10 atom stereocenters. The smallest absolute Gasteiger partial charge is 0.339 e. The van der Waals surface area contributed by atoms with E-state index in [1.54, 1.807) is 24.3 Å². The lowest BCUT2D eigenvalue weighted by Gasteiger charge is -2.62. The number of carbonyl (C=O) groups is 2. The molecule has 2 aromatic rings. The van der Waals surface area contributed by atoms with Gasteiger partial charge in [0.05, 0.1) is 22.7 Å². The van der Waals surface area contributed by atoms with Crippen molar-refractivity contribution in [1.29, 1.82) is 0 Å². The van der Waals surface area contributed by atoms with Crippen molar-refractivity contribution in [2.24, 2.45) is 46.3 Å². The Morgan fingerprint density at radius 3 is 2.22 bits per heavy atom. The number of carbonyl (C=O) groups excluding carboxylic acids is 1. The predicted octanol–water partition coefficient (Wildman–Crippen LogP) is 7.04. The molecule has 0 radical (unpaired) electrons. The number of aliphatic hydroxyl groups is 2. The summed E-state index contributed by atoms with van der Waals surface area (Å²) in [4.78, 5) is 23.3. The molecule has 0 amide bonds. The Kier molecular flexibility index (Phi) is 10.4. The van der Waals surface area contributed by atoms with E-state index in [0.29, 0.717) is 41.1 Å². The fourth-order valence-corrected chi connectivity index (χ4v) is 11.8. The molecular weight excluding hydrogens is 653 g/mol. The molecule has 0 aromatic heterocycles. The maximum atomic E-state index is 12.0. The van der Waals surface area contributed by atoms with E-state index in [4.69, 9.17) is 9.84 Å². The summed E-state index contributed by atoms with van der Waals surface area (Å²) in [5.41, 5.74) is 3.42. The maximum Gasteiger partial charge on any atom is 0.339 e. The van der Waals surface area contributed by atoms with Crippen molar-refractivity contribution in [1.82, 2.24) is 0 Å². The number of benzene rings is 2. The summed E-state index contributed by atoms with van der Waals surface area (Å²) in [5, 5.41) is 30.5. The number of sulfone groups is 1. The number of aliphatic carboxylic acids is 1. The molecule has 4 fully saturated rings. The summed E-state index contributed by atoms with van der Waals surface area (Å²) in [5.74, 6) is 2.00. The van der Waals surface area contributed by atoms with E-state index >= 15 is 0 Å². The second-order valence-corrected chi connectivity index (χ2v) is 18.5. The van der Waals surface area contributed by atoms with Gasteiger partial charge in [-0.2, -0.15) is 0 Å². The van der Waals surface area contributed by atoms with E-state index in [9.17, 15) is 28.2 Å². The molecule has 8 nitrogen and oxygen atoms in total. The monoisotopic (exact) mass is 706 g/mol. The van der Waals surface area contributed by atoms with Crippen LogP contribution in [0.3, 0.4) is 0 Å². The SMILES string of the molecule is CS(=O)(=O)c1ccc(C2=C(c3ccccc3)C(=O)OC2)cc1.C[C@H](CCC(=O)O)[C@H]1CC[C@H]2[C@@H]3[C@@H](O)C[C@@H]4C[C@H](O)CC[C@]4(C)[C@H]3CC[C@]12C. The quantitative estimate of drug-likeness (QED) is 0.261. The molecule has 4 aliphatic carbocycles. The van der Waals surface area contributed by atoms with Crippen LogP contribution in [0.1, 0.15) is 96.1 Å². The van der Waals surface area contributed by atoms with Crippen LogP contribution in [0.2, 0.25) is 0 Å². The van der Waals surface area contributed by atoms with E-state index in [2.05, 4.69) is 20.8 Å². The van der Waals surface area contributed by atoms with Crippen LogP contribution in [0.25, 0.3) is 11.1 Å². The zero-order valence-electron chi connectivity index (χ0n) is 29.9. The molecule has 50 heavy (non-hydrogen) atoms. The minimum atomic E-state index is -3.23. The summed E-state index contributed by atoms with van der Waals surface area (Å²) in [6.45, 7) is 7.36. The molecule has 9 heteroatoms. The van der Waals surface area contributed by atoms with E-state index in [0.717, 1.165) is 48.8 Å². The third-order valence-corrected chi connectivity index (χ3v) is 14.9. The normalized spacial score (nSPS) is 35.6. The van der Waals surface area contributed by atoms with Crippen LogP contribution in [0.15, 0.2) is 59.5 Å². The third kappa shape index (κ3) is 6.94. The van der Waals surface area contributed by atoms with Gasteiger partial charge in [-0.3, -0.25) is 4.79 Å². The average molecular weight is 707 g/mol. The highest BCUT2D eigenvalue weighted by Gasteiger charge is 2.62. The second-order valence-electron chi connectivity index (χ2n) is 16.5. The number of fused-ring (bicyclic) bond motifs is 5. The molecule has 1 heterocycles. The van der Waals surface area contributed by atoms with Crippen LogP contribution in [-0.2, 0) is 24.2 Å². The van der Waals surface area contributed by atoms with E-state index in [-0.39, 0.29) is 46.9 Å². The number of carboxylic acid groups (broad SMARTS) is 1. The molecule has 0 saturated heterocycles. The molecule has 5 aliphatic rings. The minimum absolute atomic E-state index is 0.179. The van der Waals surface area contributed by atoms with Crippen molar-refractivity contribution in [3.8, 4) is 0 Å². The Labute approximate surface area is 297 Å². The first-order valence-corrected chi connectivity index (χ1v) is 20.4. The van der Waals surface area contributed by atoms with Gasteiger partial charge in [-0.15, -0.1) is 0 Å². The molecule has 4 saturated carbocycles. The third-order valence-electron chi connectivity index (χ3n) is 13.8. The molecule has 3 N–H and O–H groups in total. The van der Waals surface area contributed by atoms with Crippen molar-refractivity contribution >= 4 is 32.9 Å². The number of esters is 1. The number of ether oxygens (including phenoxy) is 1. The zero-order chi connectivity index (χ0) is 36.0. The van der Waals surface area contributed by atoms with Gasteiger partial charge >= 0.3 is 11.9 Å². The summed E-state index contributed by atoms with van der Waals surface area (Å²) < 4.78 is 28.2. The zero-order valence-corrected chi connectivity index (χ0v) is 30.7. The Bertz CT molecular complexity index is 1700. The number of rotatable bonds is 7. The molecule has 0 bridgehead atoms. The van der Waals surface area contributed by atoms with Gasteiger partial charge in [-0.05, 0) is 127 Å². The largest absolute Gasteiger partial charge is 0.481 e. The standard InChI is InChI=1S/C24H40O4.C17H14O4S/c1-14(4-7-21(27)28)17-5-6-18-22-19(9-11-24(17,18)3)23(2)10-8-16(25)12-15(23)13-20(22)26;1-22(19,20)14-9-7-12(8-10-14)15-11-21-17(18)16(15)13-5-3-2-4-6-13/h14-20,22,25-26H,4-13H2,1-3H3,(H,27,28);2-10H,11H2,1H3/t14-,15+,16-,17-,18+,19+,20+,22+,23+,24-;/m1./s1. The van der Waals surface area contributed by atoms with Crippen molar-refractivity contribution < 1.29 is 38.1 Å². The second kappa shape index (κ2) is 14.2. The lowest BCUT2D eigenvalue weighted by Crippen LogP contribution is -2.58. The number of aliphatic hydroxyl groups excluding tert-OH is 2. The molecule has 1 aliphatic heterocycles. The van der Waals surface area contributed by atoms with Crippen LogP contribution >= 0.6 is 0 Å². The highest BCUT2D eigenvalue weighted by molar-refractivity contribution is 7.90. The predicted molar refractivity (Wildman–Crippen MR) is 192 cm³/mol. The summed E-state index contributed by atoms with van der Waals surface area (Å²) in [6.07, 6.45) is 10.4. The molecule has 7 rings (SSSR count). The van der Waals surface area contributed by atoms with Crippen molar-refractivity contribution in [3.05, 3.63) is 65.7 Å². The van der Waals surface area contributed by atoms with E-state index < -0.39 is 15.8 Å². The van der Waals surface area contributed by atoms with Crippen LogP contribution in [0.4, 0.5) is 0 Å². The summed E-state index contributed by atoms with van der Waals surface area (Å²) in [7, 11) is -3.23. The van der Waals surface area contributed by atoms with E-state index in [1.807, 2.05) is 30.3 Å². The molecule has 0 unspecified atom stereocenters. The van der Waals surface area contributed by atoms with Crippen molar-refractivity contribution in [2.75, 3.05) is 12.9 Å². The Morgan fingerprint density at radius 1 is 0.900 bits per heavy atom.